The summed E-state index contributed by atoms with van der Waals surface area (Å²) in [6, 6.07) is 3.23. The lowest BCUT2D eigenvalue weighted by Gasteiger charge is -2.03. The Hall–Kier alpha value is -1.68. The molecule has 0 radical (unpaired) electrons. The molecule has 0 aliphatic carbocycles. The van der Waals surface area contributed by atoms with Crippen molar-refractivity contribution in [2.75, 3.05) is 7.11 Å². The number of furan rings is 1. The van der Waals surface area contributed by atoms with Crippen LogP contribution in [0.4, 0.5) is 0 Å². The minimum atomic E-state index is -1.10. The van der Waals surface area contributed by atoms with Gasteiger partial charge >= 0.3 is 5.97 Å². The Morgan fingerprint density at radius 2 is 2.19 bits per heavy atom. The molecule has 0 saturated carbocycles. The van der Waals surface area contributed by atoms with Crippen LogP contribution in [0.5, 0.6) is 5.75 Å². The van der Waals surface area contributed by atoms with Gasteiger partial charge in [0.05, 0.1) is 17.5 Å². The Morgan fingerprint density at radius 3 is 2.75 bits per heavy atom. The highest BCUT2D eigenvalue weighted by atomic mass is 35.5. The predicted octanol–water partition coefficient (Wildman–Crippen LogP) is 3.10. The van der Waals surface area contributed by atoms with E-state index < -0.39 is 5.97 Å². The van der Waals surface area contributed by atoms with E-state index in [4.69, 9.17) is 25.9 Å². The van der Waals surface area contributed by atoms with Crippen molar-refractivity contribution in [1.29, 1.82) is 0 Å². The maximum absolute atomic E-state index is 10.9. The third-order valence-electron chi connectivity index (χ3n) is 2.40. The van der Waals surface area contributed by atoms with Crippen LogP contribution in [0, 0.1) is 6.92 Å². The standard InChI is InChI=1S/C11H9ClO4/c1-5-8-7(16-9(5)11(13)14)4-3-6(12)10(8)15-2/h3-4H,1-2H3,(H,13,14). The molecular weight excluding hydrogens is 232 g/mol. The first-order valence-corrected chi connectivity index (χ1v) is 4.93. The van der Waals surface area contributed by atoms with E-state index in [1.807, 2.05) is 0 Å². The summed E-state index contributed by atoms with van der Waals surface area (Å²) in [4.78, 5) is 10.9. The third kappa shape index (κ3) is 1.42. The fourth-order valence-corrected chi connectivity index (χ4v) is 1.92. The summed E-state index contributed by atoms with van der Waals surface area (Å²) in [6.07, 6.45) is 0. The zero-order chi connectivity index (χ0) is 11.9. The summed E-state index contributed by atoms with van der Waals surface area (Å²) in [5.41, 5.74) is 0.970. The van der Waals surface area contributed by atoms with Gasteiger partial charge in [0.2, 0.25) is 5.76 Å². The smallest absolute Gasteiger partial charge is 0.372 e. The number of carboxylic acids is 1. The van der Waals surface area contributed by atoms with Gasteiger partial charge in [-0.05, 0) is 19.1 Å². The van der Waals surface area contributed by atoms with E-state index in [0.29, 0.717) is 27.3 Å². The Bertz CT molecular complexity index is 571. The van der Waals surface area contributed by atoms with Crippen LogP contribution in [0.15, 0.2) is 16.5 Å². The molecule has 0 bridgehead atoms. The van der Waals surface area contributed by atoms with Crippen LogP contribution in [0.1, 0.15) is 16.1 Å². The Balaban J connectivity index is 2.87. The van der Waals surface area contributed by atoms with Crippen molar-refractivity contribution >= 4 is 28.5 Å². The average Bonchev–Trinajstić information content (AvgIpc) is 2.57. The summed E-state index contributed by atoms with van der Waals surface area (Å²) in [5.74, 6) is -0.754. The maximum atomic E-state index is 10.9. The van der Waals surface area contributed by atoms with Crippen LogP contribution >= 0.6 is 11.6 Å². The second kappa shape index (κ2) is 3.72. The van der Waals surface area contributed by atoms with Crippen LogP contribution in [-0.2, 0) is 0 Å². The number of rotatable bonds is 2. The van der Waals surface area contributed by atoms with Crippen LogP contribution in [0.3, 0.4) is 0 Å². The van der Waals surface area contributed by atoms with Crippen molar-refractivity contribution in [3.8, 4) is 5.75 Å². The number of carboxylic acid groups (broad SMARTS) is 1. The predicted molar refractivity (Wildman–Crippen MR) is 59.5 cm³/mol. The molecule has 4 nitrogen and oxygen atoms in total. The van der Waals surface area contributed by atoms with E-state index in [-0.39, 0.29) is 5.76 Å². The number of benzene rings is 1. The Labute approximate surface area is 96.4 Å². The fourth-order valence-electron chi connectivity index (χ4n) is 1.68. The Kier molecular flexibility index (Phi) is 2.52. The molecule has 0 saturated heterocycles. The van der Waals surface area contributed by atoms with Gasteiger partial charge in [-0.1, -0.05) is 11.6 Å². The maximum Gasteiger partial charge on any atom is 0.372 e. The highest BCUT2D eigenvalue weighted by molar-refractivity contribution is 6.33. The molecule has 1 N–H and O–H groups in total. The van der Waals surface area contributed by atoms with Gasteiger partial charge in [-0.3, -0.25) is 0 Å². The van der Waals surface area contributed by atoms with Crippen molar-refractivity contribution in [2.45, 2.75) is 6.92 Å². The quantitative estimate of drug-likeness (QED) is 0.876. The number of aromatic carboxylic acids is 1. The Morgan fingerprint density at radius 1 is 1.50 bits per heavy atom. The number of halogens is 1. The molecule has 2 rings (SSSR count). The topological polar surface area (TPSA) is 59.7 Å². The lowest BCUT2D eigenvalue weighted by atomic mass is 10.1. The molecule has 0 atom stereocenters. The number of aryl methyl sites for hydroxylation is 1. The monoisotopic (exact) mass is 240 g/mol. The molecule has 0 unspecified atom stereocenters. The zero-order valence-electron chi connectivity index (χ0n) is 8.70. The molecule has 5 heteroatoms. The lowest BCUT2D eigenvalue weighted by molar-refractivity contribution is 0.0664. The van der Waals surface area contributed by atoms with E-state index in [1.165, 1.54) is 7.11 Å². The van der Waals surface area contributed by atoms with Crippen LogP contribution < -0.4 is 4.74 Å². The number of carbonyl (C=O) groups is 1. The minimum Gasteiger partial charge on any atom is -0.494 e. The van der Waals surface area contributed by atoms with Crippen LogP contribution in [0.2, 0.25) is 5.02 Å². The second-order valence-corrected chi connectivity index (χ2v) is 3.72. The highest BCUT2D eigenvalue weighted by Gasteiger charge is 2.20. The van der Waals surface area contributed by atoms with E-state index in [0.717, 1.165) is 0 Å². The van der Waals surface area contributed by atoms with Gasteiger partial charge < -0.3 is 14.3 Å². The molecule has 1 aromatic heterocycles. The fraction of sp³-hybridized carbons (Fsp3) is 0.182. The number of methoxy groups -OCH3 is 1. The summed E-state index contributed by atoms with van der Waals surface area (Å²) in [5, 5.41) is 9.96. The van der Waals surface area contributed by atoms with Crippen molar-refractivity contribution in [2.24, 2.45) is 0 Å². The molecule has 1 heterocycles. The number of fused-ring (bicyclic) bond motifs is 1. The first kappa shape index (κ1) is 10.8. The van der Waals surface area contributed by atoms with E-state index >= 15 is 0 Å². The normalized spacial score (nSPS) is 10.7. The van der Waals surface area contributed by atoms with Crippen molar-refractivity contribution in [1.82, 2.24) is 0 Å². The summed E-state index contributed by atoms with van der Waals surface area (Å²) in [6.45, 7) is 1.66. The molecular formula is C11H9ClO4. The van der Waals surface area contributed by atoms with Gasteiger partial charge in [-0.2, -0.15) is 0 Å². The molecule has 0 aliphatic heterocycles. The summed E-state index contributed by atoms with van der Waals surface area (Å²) >= 11 is 5.95. The van der Waals surface area contributed by atoms with Crippen molar-refractivity contribution in [3.05, 3.63) is 28.5 Å². The third-order valence-corrected chi connectivity index (χ3v) is 2.70. The van der Waals surface area contributed by atoms with Gasteiger partial charge in [-0.15, -0.1) is 0 Å². The number of hydrogen-bond donors (Lipinski definition) is 1. The molecule has 0 fully saturated rings. The zero-order valence-corrected chi connectivity index (χ0v) is 9.46. The molecule has 0 amide bonds. The number of hydrogen-bond acceptors (Lipinski definition) is 3. The second-order valence-electron chi connectivity index (χ2n) is 3.32. The highest BCUT2D eigenvalue weighted by Crippen LogP contribution is 2.38. The van der Waals surface area contributed by atoms with E-state index in [9.17, 15) is 4.79 Å². The van der Waals surface area contributed by atoms with Crippen molar-refractivity contribution < 1.29 is 19.1 Å². The van der Waals surface area contributed by atoms with E-state index in [2.05, 4.69) is 0 Å². The van der Waals surface area contributed by atoms with Gasteiger partial charge in [-0.25, -0.2) is 4.79 Å². The molecule has 0 spiro atoms. The molecule has 0 aliphatic rings. The SMILES string of the molecule is COc1c(Cl)ccc2oc(C(=O)O)c(C)c12. The van der Waals surface area contributed by atoms with Gasteiger partial charge in [0.15, 0.2) is 0 Å². The minimum absolute atomic E-state index is 0.0874. The molecule has 16 heavy (non-hydrogen) atoms. The van der Waals surface area contributed by atoms with Gasteiger partial charge in [0, 0.05) is 5.56 Å². The first-order chi connectivity index (χ1) is 7.56. The largest absolute Gasteiger partial charge is 0.494 e. The molecule has 1 aromatic carbocycles. The first-order valence-electron chi connectivity index (χ1n) is 4.55. The molecule has 2 aromatic rings. The lowest BCUT2D eigenvalue weighted by Crippen LogP contribution is -1.95. The summed E-state index contributed by atoms with van der Waals surface area (Å²) in [7, 11) is 1.48. The van der Waals surface area contributed by atoms with Crippen LogP contribution in [-0.4, -0.2) is 18.2 Å². The van der Waals surface area contributed by atoms with Crippen molar-refractivity contribution in [3.63, 3.8) is 0 Å². The summed E-state index contributed by atoms with van der Waals surface area (Å²) < 4.78 is 10.4. The van der Waals surface area contributed by atoms with Gasteiger partial charge in [0.25, 0.3) is 0 Å². The van der Waals surface area contributed by atoms with Crippen LogP contribution in [0.25, 0.3) is 11.0 Å². The van der Waals surface area contributed by atoms with E-state index in [1.54, 1.807) is 19.1 Å². The number of ether oxygens (including phenoxy) is 1. The van der Waals surface area contributed by atoms with Gasteiger partial charge in [0.1, 0.15) is 11.3 Å². The average molecular weight is 241 g/mol. The molecule has 84 valence electrons.